The minimum atomic E-state index is 0.633. The van der Waals surface area contributed by atoms with Crippen LogP contribution in [0.4, 0.5) is 5.95 Å². The van der Waals surface area contributed by atoms with Gasteiger partial charge in [-0.15, -0.1) is 0 Å². The van der Waals surface area contributed by atoms with Crippen molar-refractivity contribution in [3.05, 3.63) is 11.9 Å². The smallest absolute Gasteiger partial charge is 0.203 e. The fraction of sp³-hybridized carbons (Fsp3) is 0.750. The van der Waals surface area contributed by atoms with Crippen molar-refractivity contribution in [2.45, 2.75) is 33.7 Å². The lowest BCUT2D eigenvalue weighted by molar-refractivity contribution is 0.197. The first-order chi connectivity index (χ1) is 7.63. The molecule has 0 spiro atoms. The van der Waals surface area contributed by atoms with Crippen molar-refractivity contribution in [1.82, 2.24) is 9.55 Å². The minimum Gasteiger partial charge on any atom is -0.385 e. The van der Waals surface area contributed by atoms with Gasteiger partial charge >= 0.3 is 0 Å². The fourth-order valence-corrected chi connectivity index (χ4v) is 1.64. The molecule has 1 aromatic heterocycles. The molecule has 0 saturated heterocycles. The fourth-order valence-electron chi connectivity index (χ4n) is 1.64. The summed E-state index contributed by atoms with van der Waals surface area (Å²) >= 11 is 0. The van der Waals surface area contributed by atoms with Crippen LogP contribution in [0.5, 0.6) is 0 Å². The third kappa shape index (κ3) is 4.23. The molecule has 92 valence electrons. The van der Waals surface area contributed by atoms with Gasteiger partial charge in [-0.1, -0.05) is 13.8 Å². The number of aromatic nitrogens is 2. The van der Waals surface area contributed by atoms with E-state index in [0.29, 0.717) is 5.92 Å². The van der Waals surface area contributed by atoms with Crippen molar-refractivity contribution in [1.29, 1.82) is 0 Å². The maximum Gasteiger partial charge on any atom is 0.203 e. The van der Waals surface area contributed by atoms with Crippen molar-refractivity contribution >= 4 is 5.95 Å². The Balaban J connectivity index is 2.50. The van der Waals surface area contributed by atoms with Gasteiger partial charge in [-0.2, -0.15) is 0 Å². The summed E-state index contributed by atoms with van der Waals surface area (Å²) in [5.41, 5.74) is 1.06. The molecule has 0 fully saturated rings. The quantitative estimate of drug-likeness (QED) is 0.724. The molecule has 1 aromatic rings. The topological polar surface area (TPSA) is 39.1 Å². The van der Waals surface area contributed by atoms with Crippen molar-refractivity contribution < 1.29 is 4.74 Å². The van der Waals surface area contributed by atoms with Crippen molar-refractivity contribution in [3.8, 4) is 0 Å². The summed E-state index contributed by atoms with van der Waals surface area (Å²) in [4.78, 5) is 4.47. The van der Waals surface area contributed by atoms with Gasteiger partial charge in [0.05, 0.1) is 5.69 Å². The summed E-state index contributed by atoms with van der Waals surface area (Å²) in [6.45, 7) is 9.15. The highest BCUT2D eigenvalue weighted by molar-refractivity contribution is 5.28. The molecule has 0 radical (unpaired) electrons. The molecule has 0 aliphatic heterocycles. The molecule has 0 saturated carbocycles. The van der Waals surface area contributed by atoms with Crippen LogP contribution in [0.25, 0.3) is 0 Å². The first-order valence-corrected chi connectivity index (χ1v) is 5.90. The second kappa shape index (κ2) is 6.53. The van der Waals surface area contributed by atoms with Crippen LogP contribution in [-0.4, -0.2) is 29.8 Å². The number of aryl methyl sites for hydroxylation is 1. The first-order valence-electron chi connectivity index (χ1n) is 5.90. The summed E-state index contributed by atoms with van der Waals surface area (Å²) in [6.07, 6.45) is 3.10. The lowest BCUT2D eigenvalue weighted by Crippen LogP contribution is -2.12. The Hall–Kier alpha value is -1.03. The van der Waals surface area contributed by atoms with Crippen molar-refractivity contribution in [2.24, 2.45) is 5.92 Å². The molecule has 1 N–H and O–H groups in total. The van der Waals surface area contributed by atoms with E-state index in [-0.39, 0.29) is 0 Å². The van der Waals surface area contributed by atoms with Gasteiger partial charge in [0.25, 0.3) is 0 Å². The third-order valence-corrected chi connectivity index (χ3v) is 2.27. The Morgan fingerprint density at radius 3 is 2.88 bits per heavy atom. The maximum absolute atomic E-state index is 5.01. The average molecular weight is 225 g/mol. The number of anilines is 1. The van der Waals surface area contributed by atoms with Gasteiger partial charge in [0.1, 0.15) is 0 Å². The van der Waals surface area contributed by atoms with Crippen LogP contribution in [0.3, 0.4) is 0 Å². The summed E-state index contributed by atoms with van der Waals surface area (Å²) < 4.78 is 7.20. The van der Waals surface area contributed by atoms with Gasteiger partial charge in [-0.05, 0) is 19.3 Å². The second-order valence-corrected chi connectivity index (χ2v) is 4.53. The van der Waals surface area contributed by atoms with Gasteiger partial charge in [0.2, 0.25) is 5.95 Å². The maximum atomic E-state index is 5.01. The van der Waals surface area contributed by atoms with Crippen LogP contribution in [0.1, 0.15) is 26.0 Å². The van der Waals surface area contributed by atoms with E-state index in [9.17, 15) is 0 Å². The molecule has 0 aliphatic rings. The molecule has 0 unspecified atom stereocenters. The van der Waals surface area contributed by atoms with E-state index in [1.807, 2.05) is 6.92 Å². The lowest BCUT2D eigenvalue weighted by atomic mass is 10.2. The number of ether oxygens (including phenoxy) is 1. The summed E-state index contributed by atoms with van der Waals surface area (Å²) in [6, 6.07) is 0. The Morgan fingerprint density at radius 2 is 2.25 bits per heavy atom. The SMILES string of the molecule is COCCCNc1nc(C)cn1CC(C)C. The Labute approximate surface area is 98.0 Å². The number of rotatable bonds is 7. The molecular weight excluding hydrogens is 202 g/mol. The van der Waals surface area contributed by atoms with Crippen molar-refractivity contribution in [3.63, 3.8) is 0 Å². The predicted octanol–water partition coefficient (Wildman–Crippen LogP) is 2.30. The monoisotopic (exact) mass is 225 g/mol. The van der Waals surface area contributed by atoms with Crippen LogP contribution in [0.15, 0.2) is 6.20 Å². The van der Waals surface area contributed by atoms with Crippen LogP contribution in [0, 0.1) is 12.8 Å². The van der Waals surface area contributed by atoms with Crippen LogP contribution >= 0.6 is 0 Å². The number of nitrogens with one attached hydrogen (secondary N) is 1. The zero-order chi connectivity index (χ0) is 12.0. The van der Waals surface area contributed by atoms with Gasteiger partial charge in [0, 0.05) is 33.0 Å². The molecular formula is C12H23N3O. The Kier molecular flexibility index (Phi) is 5.32. The van der Waals surface area contributed by atoms with Gasteiger partial charge < -0.3 is 14.6 Å². The van der Waals surface area contributed by atoms with Gasteiger partial charge in [-0.3, -0.25) is 0 Å². The zero-order valence-corrected chi connectivity index (χ0v) is 10.8. The lowest BCUT2D eigenvalue weighted by Gasteiger charge is -2.11. The van der Waals surface area contributed by atoms with Crippen LogP contribution in [0.2, 0.25) is 0 Å². The zero-order valence-electron chi connectivity index (χ0n) is 10.8. The highest BCUT2D eigenvalue weighted by Gasteiger charge is 2.06. The van der Waals surface area contributed by atoms with E-state index in [2.05, 4.69) is 34.9 Å². The van der Waals surface area contributed by atoms with E-state index in [1.165, 1.54) is 0 Å². The molecule has 16 heavy (non-hydrogen) atoms. The Bertz CT molecular complexity index is 307. The molecule has 1 rings (SSSR count). The number of hydrogen-bond acceptors (Lipinski definition) is 3. The molecule has 0 amide bonds. The first kappa shape index (κ1) is 13.0. The molecule has 1 heterocycles. The second-order valence-electron chi connectivity index (χ2n) is 4.53. The van der Waals surface area contributed by atoms with Gasteiger partial charge in [-0.25, -0.2) is 4.98 Å². The highest BCUT2D eigenvalue weighted by atomic mass is 16.5. The normalized spacial score (nSPS) is 11.1. The molecule has 0 bridgehead atoms. The van der Waals surface area contributed by atoms with E-state index in [1.54, 1.807) is 7.11 Å². The standard InChI is InChI=1S/C12H23N3O/c1-10(2)8-15-9-11(3)14-12(15)13-6-5-7-16-4/h9-10H,5-8H2,1-4H3,(H,13,14). The van der Waals surface area contributed by atoms with Crippen LogP contribution < -0.4 is 5.32 Å². The largest absolute Gasteiger partial charge is 0.385 e. The number of imidazole rings is 1. The average Bonchev–Trinajstić information content (AvgIpc) is 2.53. The van der Waals surface area contributed by atoms with E-state index in [0.717, 1.165) is 37.8 Å². The van der Waals surface area contributed by atoms with E-state index in [4.69, 9.17) is 4.74 Å². The summed E-state index contributed by atoms with van der Waals surface area (Å²) in [5, 5.41) is 3.35. The predicted molar refractivity (Wildman–Crippen MR) is 66.8 cm³/mol. The molecule has 4 heteroatoms. The van der Waals surface area contributed by atoms with E-state index < -0.39 is 0 Å². The molecule has 0 aliphatic carbocycles. The highest BCUT2D eigenvalue weighted by Crippen LogP contribution is 2.11. The van der Waals surface area contributed by atoms with Gasteiger partial charge in [0.15, 0.2) is 0 Å². The molecule has 4 nitrogen and oxygen atoms in total. The summed E-state index contributed by atoms with van der Waals surface area (Å²) in [7, 11) is 1.73. The minimum absolute atomic E-state index is 0.633. The number of methoxy groups -OCH3 is 1. The van der Waals surface area contributed by atoms with E-state index >= 15 is 0 Å². The van der Waals surface area contributed by atoms with Crippen LogP contribution in [-0.2, 0) is 11.3 Å². The Morgan fingerprint density at radius 1 is 1.50 bits per heavy atom. The molecule has 0 aromatic carbocycles. The third-order valence-electron chi connectivity index (χ3n) is 2.27. The number of nitrogens with zero attached hydrogens (tertiary/aromatic N) is 2. The number of hydrogen-bond donors (Lipinski definition) is 1. The molecule has 0 atom stereocenters. The summed E-state index contributed by atoms with van der Waals surface area (Å²) in [5.74, 6) is 1.61. The van der Waals surface area contributed by atoms with Crippen molar-refractivity contribution in [2.75, 3.05) is 25.6 Å².